The van der Waals surface area contributed by atoms with Crippen LogP contribution in [-0.2, 0) is 65.4 Å². The standard InChI is InChI=1S/C85H136O17P2/c1-5-9-13-17-21-25-29-33-37-38-39-40-44-46-50-54-58-62-66-70-83(88)96-76-81(102-85(90)72-68-64-60-56-52-48-43-36-32-28-24-20-16-12-8-4)78-100-104(93,94)98-74-79(86)73-97-103(91,92)99-77-80(101-84(89)71-67-63-59-55-51-47-42-35-31-27-23-19-15-11-7-3)75-95-82(87)69-65-61-57-53-49-45-41-34-30-26-22-18-14-10-6-2/h10-12,14-16,21-28,33-37,39-43,49,51-53,55-56,79-81,86H,5-9,13,17-20,29-32,38,44-48,50,54,57-78H2,1-4H3,(H,91,92)(H,93,94)/b14-10-,15-11-,16-12-,25-21-,26-22-,27-23-,28-24-,37-33-,40-39-,41-34-,42-35-,43-36-,53-49-,55-51-,56-52-. The first kappa shape index (κ1) is 98.2. The van der Waals surface area contributed by atoms with Gasteiger partial charge in [-0.2, -0.15) is 0 Å². The molecule has 0 rings (SSSR count). The molecular formula is C85H136O17P2. The molecule has 0 saturated carbocycles. The molecule has 0 aliphatic rings. The summed E-state index contributed by atoms with van der Waals surface area (Å²) in [7, 11) is -10.0. The van der Waals surface area contributed by atoms with Gasteiger partial charge in [-0.3, -0.25) is 37.3 Å². The van der Waals surface area contributed by atoms with Gasteiger partial charge >= 0.3 is 39.5 Å². The Bertz CT molecular complexity index is 2690. The Balaban J connectivity index is 5.49. The number of aliphatic hydroxyl groups excluding tert-OH is 1. The SMILES string of the molecule is CC/C=C\C/C=C\C/C=C\C/C=C\CCCCC(=O)OCC(COP(=O)(O)OCC(O)COP(=O)(O)OCC(COC(=O)CCCCCCCC/C=C\C/C=C\C/C=C\CCCCC)OC(=O)CCCC/C=C\C/C=C\C/C=C\C/C=C\CC)OC(=O)CCCC/C=C\C/C=C\C/C=C\C/C=C\CC. The maximum absolute atomic E-state index is 13.1. The summed E-state index contributed by atoms with van der Waals surface area (Å²) in [5.41, 5.74) is 0. The van der Waals surface area contributed by atoms with Gasteiger partial charge in [0, 0.05) is 25.7 Å². The molecule has 0 heterocycles. The Labute approximate surface area is 628 Å². The number of carbonyl (C=O) groups excluding carboxylic acids is 4. The highest BCUT2D eigenvalue weighted by Crippen LogP contribution is 2.45. The molecule has 0 spiro atoms. The molecule has 0 amide bonds. The first-order valence-electron chi connectivity index (χ1n) is 39.0. The number of carbonyl (C=O) groups is 4. The fourth-order valence-electron chi connectivity index (χ4n) is 9.49. The highest BCUT2D eigenvalue weighted by atomic mass is 31.2. The first-order chi connectivity index (χ1) is 50.7. The van der Waals surface area contributed by atoms with Gasteiger partial charge in [0.25, 0.3) is 0 Å². The van der Waals surface area contributed by atoms with Crippen LogP contribution in [0.2, 0.25) is 0 Å². The molecule has 0 aromatic heterocycles. The molecular weight excluding hydrogens is 1350 g/mol. The normalized spacial score (nSPS) is 14.9. The molecule has 19 heteroatoms. The van der Waals surface area contributed by atoms with Gasteiger partial charge in [0.1, 0.15) is 19.3 Å². The molecule has 0 radical (unpaired) electrons. The van der Waals surface area contributed by atoms with Crippen LogP contribution in [0.25, 0.3) is 0 Å². The van der Waals surface area contributed by atoms with Gasteiger partial charge in [-0.25, -0.2) is 9.13 Å². The maximum atomic E-state index is 13.1. The second kappa shape index (κ2) is 75.4. The Hall–Kier alpha value is -5.84. The largest absolute Gasteiger partial charge is 0.472 e. The van der Waals surface area contributed by atoms with Gasteiger partial charge in [-0.15, -0.1) is 0 Å². The summed E-state index contributed by atoms with van der Waals surface area (Å²) in [5.74, 6) is -2.35. The van der Waals surface area contributed by atoms with Gasteiger partial charge < -0.3 is 33.8 Å². The highest BCUT2D eigenvalue weighted by molar-refractivity contribution is 7.47. The molecule has 0 saturated heterocycles. The van der Waals surface area contributed by atoms with Crippen molar-refractivity contribution in [3.05, 3.63) is 182 Å². The van der Waals surface area contributed by atoms with Crippen molar-refractivity contribution in [3.8, 4) is 0 Å². The number of esters is 4. The zero-order valence-electron chi connectivity index (χ0n) is 64.1. The summed E-state index contributed by atoms with van der Waals surface area (Å²) in [4.78, 5) is 72.9. The van der Waals surface area contributed by atoms with Crippen molar-refractivity contribution in [2.75, 3.05) is 39.6 Å². The van der Waals surface area contributed by atoms with Crippen molar-refractivity contribution in [2.45, 2.75) is 290 Å². The van der Waals surface area contributed by atoms with Crippen LogP contribution >= 0.6 is 15.6 Å². The minimum atomic E-state index is -5.01. The molecule has 0 aliphatic carbocycles. The van der Waals surface area contributed by atoms with Crippen molar-refractivity contribution in [3.63, 3.8) is 0 Å². The number of ether oxygens (including phenoxy) is 4. The van der Waals surface area contributed by atoms with E-state index >= 15 is 0 Å². The molecule has 17 nitrogen and oxygen atoms in total. The third-order valence-electron chi connectivity index (χ3n) is 15.3. The molecule has 5 atom stereocenters. The number of phosphoric ester groups is 2. The number of unbranched alkanes of at least 4 members (excludes halogenated alkanes) is 15. The smallest absolute Gasteiger partial charge is 0.462 e. The number of hydrogen-bond donors (Lipinski definition) is 3. The van der Waals surface area contributed by atoms with Crippen molar-refractivity contribution in [1.82, 2.24) is 0 Å². The summed E-state index contributed by atoms with van der Waals surface area (Å²) in [6, 6.07) is 0. The zero-order valence-corrected chi connectivity index (χ0v) is 65.9. The van der Waals surface area contributed by atoms with E-state index in [0.29, 0.717) is 38.5 Å². The Morgan fingerprint density at radius 1 is 0.279 bits per heavy atom. The fraction of sp³-hybridized carbons (Fsp3) is 0.600. The second-order valence-electron chi connectivity index (χ2n) is 25.1. The van der Waals surface area contributed by atoms with Crippen LogP contribution in [0.15, 0.2) is 182 Å². The lowest BCUT2D eigenvalue weighted by Gasteiger charge is -2.21. The van der Waals surface area contributed by atoms with Gasteiger partial charge in [0.2, 0.25) is 0 Å². The van der Waals surface area contributed by atoms with E-state index < -0.39 is 97.5 Å². The fourth-order valence-corrected chi connectivity index (χ4v) is 11.1. The van der Waals surface area contributed by atoms with Gasteiger partial charge in [-0.1, -0.05) is 249 Å². The number of hydrogen-bond acceptors (Lipinski definition) is 15. The minimum absolute atomic E-state index is 0.0250. The monoisotopic (exact) mass is 1490 g/mol. The minimum Gasteiger partial charge on any atom is -0.462 e. The van der Waals surface area contributed by atoms with Crippen molar-refractivity contribution >= 4 is 39.5 Å². The van der Waals surface area contributed by atoms with E-state index in [1.165, 1.54) is 19.3 Å². The van der Waals surface area contributed by atoms with E-state index in [2.05, 4.69) is 210 Å². The van der Waals surface area contributed by atoms with Crippen molar-refractivity contribution < 1.29 is 80.2 Å². The lowest BCUT2D eigenvalue weighted by molar-refractivity contribution is -0.161. The first-order valence-corrected chi connectivity index (χ1v) is 42.0. The summed E-state index contributed by atoms with van der Waals surface area (Å²) in [6.07, 6.45) is 90.3. The molecule has 0 fully saturated rings. The van der Waals surface area contributed by atoms with Crippen LogP contribution in [0.4, 0.5) is 0 Å². The molecule has 5 unspecified atom stereocenters. The third-order valence-corrected chi connectivity index (χ3v) is 17.2. The average molecular weight is 1490 g/mol. The topological polar surface area (TPSA) is 237 Å². The molecule has 104 heavy (non-hydrogen) atoms. The van der Waals surface area contributed by atoms with E-state index in [-0.39, 0.29) is 25.7 Å². The third kappa shape index (κ3) is 74.4. The van der Waals surface area contributed by atoms with Crippen LogP contribution in [0.1, 0.15) is 272 Å². The van der Waals surface area contributed by atoms with Gasteiger partial charge in [-0.05, 0) is 180 Å². The van der Waals surface area contributed by atoms with Crippen LogP contribution in [0.3, 0.4) is 0 Å². The van der Waals surface area contributed by atoms with Crippen LogP contribution < -0.4 is 0 Å². The number of phosphoric acid groups is 2. The predicted molar refractivity (Wildman–Crippen MR) is 426 cm³/mol. The molecule has 3 N–H and O–H groups in total. The van der Waals surface area contributed by atoms with Crippen molar-refractivity contribution in [2.24, 2.45) is 0 Å². The number of aliphatic hydroxyl groups is 1. The molecule has 0 aromatic rings. The summed E-state index contributed by atoms with van der Waals surface area (Å²) >= 11 is 0. The number of allylic oxidation sites excluding steroid dienone is 30. The van der Waals surface area contributed by atoms with Crippen molar-refractivity contribution in [1.29, 1.82) is 0 Å². The van der Waals surface area contributed by atoms with E-state index in [1.807, 2.05) is 0 Å². The van der Waals surface area contributed by atoms with Gasteiger partial charge in [0.05, 0.1) is 26.4 Å². The van der Waals surface area contributed by atoms with E-state index in [9.17, 15) is 43.2 Å². The van der Waals surface area contributed by atoms with Crippen LogP contribution in [0.5, 0.6) is 0 Å². The quantitative estimate of drug-likeness (QED) is 0.0169. The Kier molecular flexibility index (Phi) is 71.2. The molecule has 0 aromatic carbocycles. The van der Waals surface area contributed by atoms with E-state index in [1.54, 1.807) is 0 Å². The second-order valence-corrected chi connectivity index (χ2v) is 28.1. The molecule has 0 bridgehead atoms. The van der Waals surface area contributed by atoms with E-state index in [4.69, 9.17) is 37.0 Å². The number of rotatable bonds is 71. The average Bonchev–Trinajstić information content (AvgIpc) is 0.912. The molecule has 0 aliphatic heterocycles. The van der Waals surface area contributed by atoms with Crippen LogP contribution in [-0.4, -0.2) is 96.7 Å². The predicted octanol–water partition coefficient (Wildman–Crippen LogP) is 22.8. The lowest BCUT2D eigenvalue weighted by Crippen LogP contribution is -2.30. The summed E-state index contributed by atoms with van der Waals surface area (Å²) in [6.45, 7) is 4.31. The summed E-state index contributed by atoms with van der Waals surface area (Å²) < 4.78 is 68.4. The van der Waals surface area contributed by atoms with Crippen LogP contribution in [0, 0.1) is 0 Å². The van der Waals surface area contributed by atoms with Gasteiger partial charge in [0.15, 0.2) is 12.2 Å². The molecule has 588 valence electrons. The van der Waals surface area contributed by atoms with E-state index in [0.717, 1.165) is 161 Å². The zero-order chi connectivity index (χ0) is 76.0. The Morgan fingerprint density at radius 2 is 0.500 bits per heavy atom. The summed E-state index contributed by atoms with van der Waals surface area (Å²) in [5, 5.41) is 10.6. The Morgan fingerprint density at radius 3 is 0.788 bits per heavy atom. The maximum Gasteiger partial charge on any atom is 0.472 e. The highest BCUT2D eigenvalue weighted by Gasteiger charge is 2.30. The lowest BCUT2D eigenvalue weighted by atomic mass is 10.1.